The largest absolute Gasteiger partial charge is 0.367 e. The van der Waals surface area contributed by atoms with Crippen molar-refractivity contribution >= 4 is 5.95 Å². The molecule has 0 saturated heterocycles. The fourth-order valence-corrected chi connectivity index (χ4v) is 1.35. The third-order valence-corrected chi connectivity index (χ3v) is 2.23. The summed E-state index contributed by atoms with van der Waals surface area (Å²) in [5.74, 6) is 1.70. The Kier molecular flexibility index (Phi) is 3.73. The van der Waals surface area contributed by atoms with Gasteiger partial charge in [0, 0.05) is 5.92 Å². The summed E-state index contributed by atoms with van der Waals surface area (Å²) in [4.78, 5) is 4.10. The summed E-state index contributed by atoms with van der Waals surface area (Å²) in [7, 11) is 0. The summed E-state index contributed by atoms with van der Waals surface area (Å²) in [6.45, 7) is 4.35. The Morgan fingerprint density at radius 3 is 2.77 bits per heavy atom. The molecule has 1 rings (SSSR count). The van der Waals surface area contributed by atoms with Crippen molar-refractivity contribution in [1.29, 1.82) is 0 Å². The fourth-order valence-electron chi connectivity index (χ4n) is 1.35. The van der Waals surface area contributed by atoms with Crippen molar-refractivity contribution in [3.63, 3.8) is 0 Å². The van der Waals surface area contributed by atoms with E-state index in [9.17, 15) is 0 Å². The molecule has 1 aromatic heterocycles. The molecule has 1 aromatic rings. The molecule has 4 heteroatoms. The Labute approximate surface area is 78.9 Å². The average Bonchev–Trinajstić information content (AvgIpc) is 2.52. The molecule has 0 aliphatic rings. The minimum absolute atomic E-state index is 0.345. The van der Waals surface area contributed by atoms with E-state index in [1.807, 2.05) is 0 Å². The molecular weight excluding hydrogens is 164 g/mol. The summed E-state index contributed by atoms with van der Waals surface area (Å²) in [5, 5.41) is 6.65. The second-order valence-electron chi connectivity index (χ2n) is 3.48. The highest BCUT2D eigenvalue weighted by molar-refractivity contribution is 5.14. The van der Waals surface area contributed by atoms with E-state index in [2.05, 4.69) is 29.0 Å². The Morgan fingerprint density at radius 2 is 2.23 bits per heavy atom. The van der Waals surface area contributed by atoms with E-state index >= 15 is 0 Å². The number of H-pyrrole nitrogens is 1. The molecule has 0 aliphatic carbocycles. The predicted molar refractivity (Wildman–Crippen MR) is 53.4 cm³/mol. The number of nitrogens with one attached hydrogen (secondary N) is 1. The Balaban J connectivity index is 2.35. The molecule has 0 saturated carbocycles. The van der Waals surface area contributed by atoms with E-state index in [-0.39, 0.29) is 0 Å². The van der Waals surface area contributed by atoms with Gasteiger partial charge >= 0.3 is 0 Å². The van der Waals surface area contributed by atoms with Gasteiger partial charge < -0.3 is 5.73 Å². The molecule has 13 heavy (non-hydrogen) atoms. The maximum atomic E-state index is 5.42. The number of nitrogens with two attached hydrogens (primary N) is 1. The molecule has 0 aliphatic heterocycles. The Morgan fingerprint density at radius 1 is 1.46 bits per heavy atom. The first-order chi connectivity index (χ1) is 6.24. The molecule has 1 heterocycles. The van der Waals surface area contributed by atoms with E-state index in [1.54, 1.807) is 0 Å². The van der Waals surface area contributed by atoms with Gasteiger partial charge in [0.1, 0.15) is 5.82 Å². The molecule has 4 nitrogen and oxygen atoms in total. The second kappa shape index (κ2) is 4.84. The molecule has 0 fully saturated rings. The summed E-state index contributed by atoms with van der Waals surface area (Å²) in [5.41, 5.74) is 5.42. The normalized spacial score (nSPS) is 13.1. The third-order valence-electron chi connectivity index (χ3n) is 2.23. The quantitative estimate of drug-likeness (QED) is 0.685. The molecular formula is C9H18N4. The van der Waals surface area contributed by atoms with Crippen LogP contribution < -0.4 is 5.73 Å². The van der Waals surface area contributed by atoms with Gasteiger partial charge in [0.15, 0.2) is 0 Å². The van der Waals surface area contributed by atoms with Gasteiger partial charge in [-0.3, -0.25) is 5.10 Å². The van der Waals surface area contributed by atoms with Crippen LogP contribution in [0.2, 0.25) is 0 Å². The first kappa shape index (κ1) is 10.0. The highest BCUT2D eigenvalue weighted by Gasteiger charge is 2.08. The Hall–Kier alpha value is -1.06. The summed E-state index contributed by atoms with van der Waals surface area (Å²) < 4.78 is 0. The number of hydrogen-bond donors (Lipinski definition) is 2. The van der Waals surface area contributed by atoms with Gasteiger partial charge in [-0.15, -0.1) is 5.10 Å². The summed E-state index contributed by atoms with van der Waals surface area (Å²) in [6, 6.07) is 0. The van der Waals surface area contributed by atoms with Crippen LogP contribution in [-0.4, -0.2) is 15.2 Å². The maximum Gasteiger partial charge on any atom is 0.239 e. The van der Waals surface area contributed by atoms with E-state index in [1.165, 1.54) is 19.3 Å². The first-order valence-electron chi connectivity index (χ1n) is 4.91. The van der Waals surface area contributed by atoms with Crippen LogP contribution in [-0.2, 0) is 0 Å². The van der Waals surface area contributed by atoms with Crippen LogP contribution in [0, 0.1) is 0 Å². The number of nitrogen functional groups attached to an aromatic ring is 1. The summed E-state index contributed by atoms with van der Waals surface area (Å²) in [6.07, 6.45) is 4.94. The van der Waals surface area contributed by atoms with Crippen molar-refractivity contribution in [2.24, 2.45) is 0 Å². The second-order valence-corrected chi connectivity index (χ2v) is 3.48. The van der Waals surface area contributed by atoms with E-state index < -0.39 is 0 Å². The van der Waals surface area contributed by atoms with Gasteiger partial charge in [-0.05, 0) is 6.42 Å². The molecule has 74 valence electrons. The van der Waals surface area contributed by atoms with Gasteiger partial charge in [-0.25, -0.2) is 0 Å². The van der Waals surface area contributed by atoms with Gasteiger partial charge in [0.05, 0.1) is 0 Å². The van der Waals surface area contributed by atoms with Gasteiger partial charge in [-0.1, -0.05) is 33.1 Å². The minimum Gasteiger partial charge on any atom is -0.367 e. The van der Waals surface area contributed by atoms with Crippen molar-refractivity contribution in [3.8, 4) is 0 Å². The van der Waals surface area contributed by atoms with Crippen molar-refractivity contribution in [3.05, 3.63) is 5.82 Å². The van der Waals surface area contributed by atoms with Crippen LogP contribution in [0.15, 0.2) is 0 Å². The number of aromatic amines is 1. The van der Waals surface area contributed by atoms with E-state index in [4.69, 9.17) is 5.73 Å². The molecule has 1 atom stereocenters. The molecule has 0 aromatic carbocycles. The number of anilines is 1. The lowest BCUT2D eigenvalue weighted by molar-refractivity contribution is 0.577. The highest BCUT2D eigenvalue weighted by Crippen LogP contribution is 2.18. The van der Waals surface area contributed by atoms with Crippen LogP contribution in [0.3, 0.4) is 0 Å². The van der Waals surface area contributed by atoms with Crippen LogP contribution in [0.5, 0.6) is 0 Å². The number of unbranched alkanes of at least 4 members (excludes halogenated alkanes) is 2. The molecule has 0 spiro atoms. The van der Waals surface area contributed by atoms with Crippen LogP contribution >= 0.6 is 0 Å². The topological polar surface area (TPSA) is 67.6 Å². The van der Waals surface area contributed by atoms with Crippen molar-refractivity contribution in [2.75, 3.05) is 5.73 Å². The van der Waals surface area contributed by atoms with E-state index in [0.29, 0.717) is 11.9 Å². The third kappa shape index (κ3) is 3.05. The minimum atomic E-state index is 0.345. The van der Waals surface area contributed by atoms with Gasteiger partial charge in [-0.2, -0.15) is 4.98 Å². The zero-order valence-electron chi connectivity index (χ0n) is 8.38. The Bertz CT molecular complexity index is 244. The zero-order chi connectivity index (χ0) is 9.68. The van der Waals surface area contributed by atoms with Crippen molar-refractivity contribution in [2.45, 2.75) is 45.4 Å². The number of aromatic nitrogens is 3. The lowest BCUT2D eigenvalue weighted by Crippen LogP contribution is -1.96. The number of hydrogen-bond acceptors (Lipinski definition) is 3. The fraction of sp³-hybridized carbons (Fsp3) is 0.778. The smallest absolute Gasteiger partial charge is 0.239 e. The summed E-state index contributed by atoms with van der Waals surface area (Å²) >= 11 is 0. The molecule has 0 bridgehead atoms. The van der Waals surface area contributed by atoms with Gasteiger partial charge in [0.2, 0.25) is 5.95 Å². The van der Waals surface area contributed by atoms with Crippen molar-refractivity contribution in [1.82, 2.24) is 15.2 Å². The lowest BCUT2D eigenvalue weighted by atomic mass is 10.0. The molecule has 1 unspecified atom stereocenters. The zero-order valence-corrected chi connectivity index (χ0v) is 8.38. The standard InChI is InChI=1S/C9H18N4/c1-3-4-5-6-7(2)8-11-9(10)13-12-8/h7H,3-6H2,1-2H3,(H3,10,11,12,13). The van der Waals surface area contributed by atoms with Crippen molar-refractivity contribution < 1.29 is 0 Å². The molecule has 0 radical (unpaired) electrons. The lowest BCUT2D eigenvalue weighted by Gasteiger charge is -2.05. The first-order valence-corrected chi connectivity index (χ1v) is 4.91. The van der Waals surface area contributed by atoms with Crippen LogP contribution in [0.25, 0.3) is 0 Å². The van der Waals surface area contributed by atoms with Gasteiger partial charge in [0.25, 0.3) is 0 Å². The number of nitrogens with zero attached hydrogens (tertiary/aromatic N) is 2. The number of rotatable bonds is 5. The van der Waals surface area contributed by atoms with E-state index in [0.717, 1.165) is 12.2 Å². The SMILES string of the molecule is CCCCCC(C)c1nc(N)n[nH]1. The highest BCUT2D eigenvalue weighted by atomic mass is 15.3. The maximum absolute atomic E-state index is 5.42. The predicted octanol–water partition coefficient (Wildman–Crippen LogP) is 2.07. The van der Waals surface area contributed by atoms with Crippen LogP contribution in [0.1, 0.15) is 51.3 Å². The molecule has 0 amide bonds. The monoisotopic (exact) mass is 182 g/mol. The average molecular weight is 182 g/mol. The molecule has 3 N–H and O–H groups in total. The van der Waals surface area contributed by atoms with Crippen LogP contribution in [0.4, 0.5) is 5.95 Å².